The second kappa shape index (κ2) is 5.30. The molecule has 1 fully saturated rings. The number of nitrogens with one attached hydrogen (secondary N) is 2. The van der Waals surface area contributed by atoms with Crippen molar-refractivity contribution in [2.45, 2.75) is 18.9 Å². The number of carbonyl (C=O) groups is 3. The SMILES string of the molecule is CC[C@@]1(c2ccccc2)NC(=O)N(CC(=O)NN)C1=O. The zero-order chi connectivity index (χ0) is 14.8. The quantitative estimate of drug-likeness (QED) is 0.307. The van der Waals surface area contributed by atoms with E-state index in [0.29, 0.717) is 12.0 Å². The number of imide groups is 1. The fourth-order valence-electron chi connectivity index (χ4n) is 2.32. The van der Waals surface area contributed by atoms with Gasteiger partial charge in [-0.05, 0) is 12.0 Å². The summed E-state index contributed by atoms with van der Waals surface area (Å²) < 4.78 is 0. The molecule has 0 aromatic heterocycles. The van der Waals surface area contributed by atoms with E-state index in [2.05, 4.69) is 5.32 Å². The predicted molar refractivity (Wildman–Crippen MR) is 71.0 cm³/mol. The van der Waals surface area contributed by atoms with Gasteiger partial charge < -0.3 is 5.32 Å². The zero-order valence-corrected chi connectivity index (χ0v) is 11.1. The van der Waals surface area contributed by atoms with Crippen molar-refractivity contribution >= 4 is 17.8 Å². The highest BCUT2D eigenvalue weighted by Crippen LogP contribution is 2.31. The molecule has 1 atom stereocenters. The molecule has 2 rings (SSSR count). The monoisotopic (exact) mass is 276 g/mol. The average Bonchev–Trinajstić information content (AvgIpc) is 2.73. The van der Waals surface area contributed by atoms with Crippen molar-refractivity contribution in [3.63, 3.8) is 0 Å². The molecule has 1 aliphatic rings. The number of hydrogen-bond acceptors (Lipinski definition) is 4. The van der Waals surface area contributed by atoms with Gasteiger partial charge >= 0.3 is 6.03 Å². The Balaban J connectivity index is 2.36. The normalized spacial score (nSPS) is 21.8. The van der Waals surface area contributed by atoms with Crippen molar-refractivity contribution < 1.29 is 14.4 Å². The van der Waals surface area contributed by atoms with Crippen LogP contribution in [0.15, 0.2) is 30.3 Å². The lowest BCUT2D eigenvalue weighted by Gasteiger charge is -2.25. The lowest BCUT2D eigenvalue weighted by Crippen LogP contribution is -2.45. The maximum Gasteiger partial charge on any atom is 0.325 e. The van der Waals surface area contributed by atoms with E-state index in [-0.39, 0.29) is 0 Å². The highest BCUT2D eigenvalue weighted by atomic mass is 16.2. The van der Waals surface area contributed by atoms with Crippen LogP contribution in [0.3, 0.4) is 0 Å². The number of urea groups is 1. The second-order valence-corrected chi connectivity index (χ2v) is 4.51. The molecule has 1 aromatic rings. The van der Waals surface area contributed by atoms with Crippen molar-refractivity contribution in [2.24, 2.45) is 5.84 Å². The zero-order valence-electron chi connectivity index (χ0n) is 11.1. The van der Waals surface area contributed by atoms with Crippen LogP contribution >= 0.6 is 0 Å². The maximum absolute atomic E-state index is 12.5. The third-order valence-corrected chi connectivity index (χ3v) is 3.44. The van der Waals surface area contributed by atoms with E-state index in [0.717, 1.165) is 4.90 Å². The van der Waals surface area contributed by atoms with Gasteiger partial charge in [-0.1, -0.05) is 37.3 Å². The largest absolute Gasteiger partial charge is 0.325 e. The van der Waals surface area contributed by atoms with E-state index in [1.165, 1.54) is 0 Å². The number of nitrogens with zero attached hydrogens (tertiary/aromatic N) is 1. The molecule has 20 heavy (non-hydrogen) atoms. The van der Waals surface area contributed by atoms with Crippen LogP contribution in [0.5, 0.6) is 0 Å². The number of carbonyl (C=O) groups excluding carboxylic acids is 3. The van der Waals surface area contributed by atoms with Crippen LogP contribution in [0.2, 0.25) is 0 Å². The highest BCUT2D eigenvalue weighted by molar-refractivity contribution is 6.09. The summed E-state index contributed by atoms with van der Waals surface area (Å²) in [5, 5.41) is 2.68. The van der Waals surface area contributed by atoms with Crippen LogP contribution in [0.25, 0.3) is 0 Å². The first kappa shape index (κ1) is 14.0. The maximum atomic E-state index is 12.5. The van der Waals surface area contributed by atoms with E-state index in [1.807, 2.05) is 11.5 Å². The van der Waals surface area contributed by atoms with Crippen LogP contribution in [0.1, 0.15) is 18.9 Å². The molecular formula is C13H16N4O3. The molecule has 7 nitrogen and oxygen atoms in total. The fourth-order valence-corrected chi connectivity index (χ4v) is 2.32. The minimum Gasteiger partial charge on any atom is -0.319 e. The Morgan fingerprint density at radius 3 is 2.55 bits per heavy atom. The molecule has 7 heteroatoms. The number of rotatable bonds is 4. The van der Waals surface area contributed by atoms with Gasteiger partial charge in [-0.15, -0.1) is 0 Å². The molecule has 0 spiro atoms. The Labute approximate surface area is 116 Å². The van der Waals surface area contributed by atoms with E-state index in [9.17, 15) is 14.4 Å². The molecule has 0 unspecified atom stereocenters. The Hall–Kier alpha value is -2.41. The number of amides is 4. The van der Waals surface area contributed by atoms with Gasteiger partial charge in [0.25, 0.3) is 11.8 Å². The van der Waals surface area contributed by atoms with E-state index < -0.39 is 29.9 Å². The Bertz CT molecular complexity index is 546. The van der Waals surface area contributed by atoms with Crippen molar-refractivity contribution in [1.82, 2.24) is 15.6 Å². The second-order valence-electron chi connectivity index (χ2n) is 4.51. The van der Waals surface area contributed by atoms with Gasteiger partial charge in [-0.25, -0.2) is 10.6 Å². The van der Waals surface area contributed by atoms with Gasteiger partial charge in [-0.3, -0.25) is 19.9 Å². The minimum atomic E-state index is -1.12. The molecule has 4 N–H and O–H groups in total. The average molecular weight is 276 g/mol. The number of hydrogen-bond donors (Lipinski definition) is 3. The van der Waals surface area contributed by atoms with Crippen molar-refractivity contribution in [1.29, 1.82) is 0 Å². The van der Waals surface area contributed by atoms with E-state index in [1.54, 1.807) is 31.2 Å². The van der Waals surface area contributed by atoms with Crippen LogP contribution in [-0.2, 0) is 15.1 Å². The minimum absolute atomic E-state index is 0.391. The molecule has 1 aromatic carbocycles. The number of hydrazine groups is 1. The van der Waals surface area contributed by atoms with Gasteiger partial charge in [-0.2, -0.15) is 0 Å². The predicted octanol–water partition coefficient (Wildman–Crippen LogP) is -0.166. The summed E-state index contributed by atoms with van der Waals surface area (Å²) in [6.07, 6.45) is 0.391. The summed E-state index contributed by atoms with van der Waals surface area (Å²) in [4.78, 5) is 36.7. The first-order valence-corrected chi connectivity index (χ1v) is 6.24. The topological polar surface area (TPSA) is 105 Å². The van der Waals surface area contributed by atoms with Gasteiger partial charge in [0.05, 0.1) is 0 Å². The standard InChI is InChI=1S/C13H16N4O3/c1-2-13(9-6-4-3-5-7-9)11(19)17(12(20)15-13)8-10(18)16-14/h3-7H,2,8,14H2,1H3,(H,15,20)(H,16,18)/t13-/m0/s1. The first-order chi connectivity index (χ1) is 9.55. The van der Waals surface area contributed by atoms with Crippen molar-refractivity contribution in [3.05, 3.63) is 35.9 Å². The highest BCUT2D eigenvalue weighted by Gasteiger charge is 2.51. The third kappa shape index (κ3) is 2.12. The van der Waals surface area contributed by atoms with Gasteiger partial charge in [0.2, 0.25) is 0 Å². The van der Waals surface area contributed by atoms with E-state index >= 15 is 0 Å². The molecule has 0 bridgehead atoms. The number of nitrogens with two attached hydrogens (primary N) is 1. The summed E-state index contributed by atoms with van der Waals surface area (Å²) in [5.74, 6) is 3.94. The lowest BCUT2D eigenvalue weighted by atomic mass is 9.87. The summed E-state index contributed by atoms with van der Waals surface area (Å²) in [7, 11) is 0. The molecular weight excluding hydrogens is 260 g/mol. The van der Waals surface area contributed by atoms with Crippen LogP contribution < -0.4 is 16.6 Å². The first-order valence-electron chi connectivity index (χ1n) is 6.24. The van der Waals surface area contributed by atoms with Crippen molar-refractivity contribution in [2.75, 3.05) is 6.54 Å². The van der Waals surface area contributed by atoms with Gasteiger partial charge in [0.15, 0.2) is 0 Å². The molecule has 1 heterocycles. The van der Waals surface area contributed by atoms with Gasteiger partial charge in [0, 0.05) is 0 Å². The fraction of sp³-hybridized carbons (Fsp3) is 0.308. The molecule has 1 aliphatic heterocycles. The summed E-state index contributed by atoms with van der Waals surface area (Å²) in [5.41, 5.74) is 1.48. The van der Waals surface area contributed by atoms with Crippen LogP contribution in [0.4, 0.5) is 4.79 Å². The Kier molecular flexibility index (Phi) is 3.71. The Morgan fingerprint density at radius 1 is 1.35 bits per heavy atom. The molecule has 4 amide bonds. The van der Waals surface area contributed by atoms with Crippen LogP contribution in [-0.4, -0.2) is 29.3 Å². The van der Waals surface area contributed by atoms with Gasteiger partial charge in [0.1, 0.15) is 12.1 Å². The molecule has 0 saturated carbocycles. The summed E-state index contributed by atoms with van der Waals surface area (Å²) >= 11 is 0. The Morgan fingerprint density at radius 2 is 2.00 bits per heavy atom. The molecule has 1 saturated heterocycles. The van der Waals surface area contributed by atoms with Crippen molar-refractivity contribution in [3.8, 4) is 0 Å². The van der Waals surface area contributed by atoms with E-state index in [4.69, 9.17) is 5.84 Å². The van der Waals surface area contributed by atoms with Crippen LogP contribution in [0, 0.1) is 0 Å². The summed E-state index contributed by atoms with van der Waals surface area (Å²) in [6.45, 7) is 1.41. The summed E-state index contributed by atoms with van der Waals surface area (Å²) in [6, 6.07) is 8.36. The third-order valence-electron chi connectivity index (χ3n) is 3.44. The number of benzene rings is 1. The molecule has 0 aliphatic carbocycles. The smallest absolute Gasteiger partial charge is 0.319 e. The lowest BCUT2D eigenvalue weighted by molar-refractivity contribution is -0.135. The molecule has 106 valence electrons. The molecule has 0 radical (unpaired) electrons.